The molecule has 3 aliphatic carbocycles. The number of carbonyl (C=O) groups excluding carboxylic acids is 1. The zero-order valence-corrected chi connectivity index (χ0v) is 11.6. The molecule has 3 fully saturated rings. The number of hydrogen-bond acceptors (Lipinski definition) is 3. The largest absolute Gasteiger partial charge is 0.307 e. The first-order valence-corrected chi connectivity index (χ1v) is 7.92. The van der Waals surface area contributed by atoms with Gasteiger partial charge in [-0.2, -0.15) is 0 Å². The maximum Gasteiger partial charge on any atom is 0.137 e. The van der Waals surface area contributed by atoms with Gasteiger partial charge in [0.2, 0.25) is 0 Å². The Balaban J connectivity index is 1.57. The Kier molecular flexibility index (Phi) is 2.82. The minimum atomic E-state index is 0.0966. The number of nitrogens with zero attached hydrogens (tertiary/aromatic N) is 1. The van der Waals surface area contributed by atoms with Crippen LogP contribution in [-0.4, -0.2) is 42.4 Å². The number of carbonyl (C=O) groups is 1. The second-order valence-corrected chi connectivity index (χ2v) is 7.14. The Bertz CT molecular complexity index is 398. The van der Waals surface area contributed by atoms with E-state index in [4.69, 9.17) is 0 Å². The first-order valence-electron chi connectivity index (χ1n) is 7.92. The lowest BCUT2D eigenvalue weighted by Gasteiger charge is -2.55. The molecule has 5 aliphatic rings. The van der Waals surface area contributed by atoms with Crippen LogP contribution in [0.1, 0.15) is 32.1 Å². The molecular formula is C16H24N2O. The minimum absolute atomic E-state index is 0.0966. The summed E-state index contributed by atoms with van der Waals surface area (Å²) < 4.78 is 0. The van der Waals surface area contributed by atoms with E-state index in [-0.39, 0.29) is 6.04 Å². The molecular weight excluding hydrogens is 236 g/mol. The summed E-state index contributed by atoms with van der Waals surface area (Å²) in [6.07, 6.45) is 12.8. The Hall–Kier alpha value is -0.670. The van der Waals surface area contributed by atoms with Crippen LogP contribution >= 0.6 is 0 Å². The van der Waals surface area contributed by atoms with E-state index in [1.54, 1.807) is 0 Å². The first kappa shape index (κ1) is 12.1. The fourth-order valence-corrected chi connectivity index (χ4v) is 4.88. The van der Waals surface area contributed by atoms with Gasteiger partial charge < -0.3 is 10.1 Å². The van der Waals surface area contributed by atoms with Crippen molar-refractivity contribution in [2.45, 2.75) is 43.7 Å². The molecule has 2 saturated heterocycles. The summed E-state index contributed by atoms with van der Waals surface area (Å²) in [5, 5.41) is 3.42. The van der Waals surface area contributed by atoms with Crippen LogP contribution in [0.4, 0.5) is 0 Å². The molecule has 0 aromatic heterocycles. The zero-order chi connectivity index (χ0) is 12.9. The average Bonchev–Trinajstić information content (AvgIpc) is 2.49. The second kappa shape index (κ2) is 4.42. The molecule has 0 amide bonds. The maximum absolute atomic E-state index is 11.2. The van der Waals surface area contributed by atoms with Crippen LogP contribution < -0.4 is 5.32 Å². The van der Waals surface area contributed by atoms with E-state index in [1.165, 1.54) is 38.6 Å². The molecule has 3 unspecified atom stereocenters. The molecule has 0 aromatic rings. The number of nitrogens with one attached hydrogen (secondary N) is 1. The van der Waals surface area contributed by atoms with Crippen LogP contribution in [0.15, 0.2) is 12.2 Å². The lowest BCUT2D eigenvalue weighted by Crippen LogP contribution is -2.63. The van der Waals surface area contributed by atoms with Crippen molar-refractivity contribution in [2.24, 2.45) is 17.8 Å². The van der Waals surface area contributed by atoms with E-state index < -0.39 is 0 Å². The third kappa shape index (κ3) is 1.90. The lowest BCUT2D eigenvalue weighted by molar-refractivity contribution is -0.113. The molecule has 0 spiro atoms. The summed E-state index contributed by atoms with van der Waals surface area (Å²) in [4.78, 5) is 13.9. The molecule has 3 nitrogen and oxygen atoms in total. The third-order valence-corrected chi connectivity index (χ3v) is 6.07. The van der Waals surface area contributed by atoms with Crippen LogP contribution in [0.3, 0.4) is 0 Å². The number of aldehydes is 1. The topological polar surface area (TPSA) is 32.3 Å². The first-order chi connectivity index (χ1) is 9.29. The molecule has 3 heteroatoms. The SMILES string of the molecule is O=CC1NCC2CC1CN(C13C=CC(CC1)CC3)C2. The average molecular weight is 260 g/mol. The number of allylic oxidation sites excluding steroid dienone is 1. The minimum Gasteiger partial charge on any atom is -0.307 e. The molecule has 4 bridgehead atoms. The van der Waals surface area contributed by atoms with E-state index in [9.17, 15) is 4.79 Å². The van der Waals surface area contributed by atoms with Gasteiger partial charge in [-0.1, -0.05) is 12.2 Å². The maximum atomic E-state index is 11.2. The van der Waals surface area contributed by atoms with Gasteiger partial charge in [-0.15, -0.1) is 0 Å². The van der Waals surface area contributed by atoms with E-state index in [0.29, 0.717) is 11.5 Å². The molecule has 2 aliphatic heterocycles. The molecule has 1 saturated carbocycles. The molecule has 1 N–H and O–H groups in total. The van der Waals surface area contributed by atoms with Crippen molar-refractivity contribution in [3.8, 4) is 0 Å². The van der Waals surface area contributed by atoms with Crippen LogP contribution in [0, 0.1) is 17.8 Å². The van der Waals surface area contributed by atoms with Crippen molar-refractivity contribution in [3.05, 3.63) is 12.2 Å². The second-order valence-electron chi connectivity index (χ2n) is 7.14. The summed E-state index contributed by atoms with van der Waals surface area (Å²) in [7, 11) is 0. The van der Waals surface area contributed by atoms with Gasteiger partial charge in [-0.25, -0.2) is 0 Å². The molecule has 0 radical (unpaired) electrons. The predicted octanol–water partition coefficient (Wildman–Crippen LogP) is 1.59. The van der Waals surface area contributed by atoms with Crippen molar-refractivity contribution in [3.63, 3.8) is 0 Å². The molecule has 104 valence electrons. The van der Waals surface area contributed by atoms with E-state index in [2.05, 4.69) is 22.4 Å². The van der Waals surface area contributed by atoms with Crippen molar-refractivity contribution >= 4 is 6.29 Å². The van der Waals surface area contributed by atoms with Crippen LogP contribution in [-0.2, 0) is 4.79 Å². The van der Waals surface area contributed by atoms with Gasteiger partial charge >= 0.3 is 0 Å². The number of piperidine rings is 2. The van der Waals surface area contributed by atoms with E-state index in [0.717, 1.165) is 31.2 Å². The smallest absolute Gasteiger partial charge is 0.137 e. The van der Waals surface area contributed by atoms with Crippen LogP contribution in [0.5, 0.6) is 0 Å². The Morgan fingerprint density at radius 3 is 2.79 bits per heavy atom. The van der Waals surface area contributed by atoms with Gasteiger partial charge in [0.25, 0.3) is 0 Å². The summed E-state index contributed by atoms with van der Waals surface area (Å²) in [6.45, 7) is 3.37. The van der Waals surface area contributed by atoms with Crippen LogP contribution in [0.25, 0.3) is 0 Å². The highest BCUT2D eigenvalue weighted by Gasteiger charge is 2.46. The molecule has 19 heavy (non-hydrogen) atoms. The van der Waals surface area contributed by atoms with Gasteiger partial charge in [0, 0.05) is 18.6 Å². The van der Waals surface area contributed by atoms with Crippen molar-refractivity contribution < 1.29 is 4.79 Å². The van der Waals surface area contributed by atoms with Gasteiger partial charge in [0.05, 0.1) is 6.04 Å². The van der Waals surface area contributed by atoms with E-state index in [1.807, 2.05) is 0 Å². The lowest BCUT2D eigenvalue weighted by atomic mass is 9.68. The normalized spacial score (nSPS) is 49.3. The fourth-order valence-electron chi connectivity index (χ4n) is 4.88. The Morgan fingerprint density at radius 2 is 2.11 bits per heavy atom. The summed E-state index contributed by atoms with van der Waals surface area (Å²) in [6, 6.07) is 0.0966. The van der Waals surface area contributed by atoms with Gasteiger partial charge in [0.15, 0.2) is 0 Å². The van der Waals surface area contributed by atoms with E-state index >= 15 is 0 Å². The Morgan fingerprint density at radius 1 is 1.26 bits per heavy atom. The highest BCUT2D eigenvalue weighted by molar-refractivity contribution is 5.58. The zero-order valence-electron chi connectivity index (χ0n) is 11.6. The van der Waals surface area contributed by atoms with Crippen LogP contribution in [0.2, 0.25) is 0 Å². The predicted molar refractivity (Wildman–Crippen MR) is 74.9 cm³/mol. The highest BCUT2D eigenvalue weighted by Crippen LogP contribution is 2.45. The van der Waals surface area contributed by atoms with Gasteiger partial charge in [0.1, 0.15) is 6.29 Å². The third-order valence-electron chi connectivity index (χ3n) is 6.07. The van der Waals surface area contributed by atoms with Crippen molar-refractivity contribution in [1.29, 1.82) is 0 Å². The molecule has 3 atom stereocenters. The van der Waals surface area contributed by atoms with Crippen molar-refractivity contribution in [2.75, 3.05) is 19.6 Å². The number of hydrogen-bond donors (Lipinski definition) is 1. The molecule has 5 rings (SSSR count). The number of fused-ring (bicyclic) bond motifs is 4. The summed E-state index contributed by atoms with van der Waals surface area (Å²) in [5.74, 6) is 2.14. The summed E-state index contributed by atoms with van der Waals surface area (Å²) >= 11 is 0. The quantitative estimate of drug-likeness (QED) is 0.604. The van der Waals surface area contributed by atoms with Crippen molar-refractivity contribution in [1.82, 2.24) is 10.2 Å². The molecule has 2 heterocycles. The highest BCUT2D eigenvalue weighted by atomic mass is 16.1. The standard InChI is InChI=1S/C16H24N2O/c19-11-15-14-7-13(8-17-15)9-18(10-14)16-4-1-12(2-5-16)3-6-16/h1,4,11-15,17H,2-3,5-10H2. The van der Waals surface area contributed by atoms with Gasteiger partial charge in [-0.3, -0.25) is 4.90 Å². The number of rotatable bonds is 2. The monoisotopic (exact) mass is 260 g/mol. The van der Waals surface area contributed by atoms with Gasteiger partial charge in [-0.05, 0) is 56.4 Å². The Labute approximate surface area is 115 Å². The summed E-state index contributed by atoms with van der Waals surface area (Å²) in [5.41, 5.74) is 0.344. The fraction of sp³-hybridized carbons (Fsp3) is 0.812. The number of likely N-dealkylation sites (tertiary alicyclic amines) is 1. The molecule has 0 aromatic carbocycles.